The normalized spacial score (nSPS) is 0. The first-order chi connectivity index (χ1) is 0. The van der Waals surface area contributed by atoms with Crippen LogP contribution in [0.1, 0.15) is 0 Å². The molecule has 0 saturated carbocycles. The average molecular weight is 617 g/mol. The molecule has 0 aliphatic heterocycles. The van der Waals surface area contributed by atoms with Crippen LogP contribution >= 0.6 is 0 Å². The molecule has 0 fully saturated rings. The van der Waals surface area contributed by atoms with Crippen molar-refractivity contribution in [3.05, 3.63) is 0 Å². The van der Waals surface area contributed by atoms with Crippen molar-refractivity contribution in [3.8, 4) is 0 Å². The maximum atomic E-state index is 0. The molecule has 0 rings (SSSR count). The van der Waals surface area contributed by atoms with Gasteiger partial charge in [-0.3, -0.25) is 0 Å². The van der Waals surface area contributed by atoms with Gasteiger partial charge in [0, 0.05) is 42.5 Å². The maximum Gasteiger partial charge on any atom is 0 e. The summed E-state index contributed by atoms with van der Waals surface area (Å²) in [6, 6.07) is 0. The van der Waals surface area contributed by atoms with Gasteiger partial charge in [0.25, 0.3) is 0 Å². The van der Waals surface area contributed by atoms with Crippen LogP contribution in [0.25, 0.3) is 0 Å². The Morgan fingerprint density at radius 2 is 1.00 bits per heavy atom. The predicted molar refractivity (Wildman–Crippen MR) is 15.7 cm³/mol. The molecule has 0 aliphatic carbocycles. The molecule has 6 radical (unpaired) electrons. The van der Waals surface area contributed by atoms with Crippen LogP contribution in [0.5, 0.6) is 0 Å². The van der Waals surface area contributed by atoms with E-state index in [1.807, 2.05) is 0 Å². The van der Waals surface area contributed by atoms with Crippen molar-refractivity contribution in [1.29, 1.82) is 0 Å². The topological polar surface area (TPSA) is 0 Å². The van der Waals surface area contributed by atoms with Gasteiger partial charge in [0.15, 0.2) is 0 Å². The summed E-state index contributed by atoms with van der Waals surface area (Å²) in [5.41, 5.74) is 0. The number of hydrogen-bond donors (Lipinski definition) is 0. The van der Waals surface area contributed by atoms with Crippen molar-refractivity contribution >= 4 is 48.3 Å². The minimum absolute atomic E-state index is 0. The predicted octanol–water partition coefficient (Wildman–Crippen LogP) is -1.57. The summed E-state index contributed by atoms with van der Waals surface area (Å²) in [4.78, 5) is 0. The summed E-state index contributed by atoms with van der Waals surface area (Å²) >= 11 is 0. The molecule has 26 valence electrons. The second-order valence-electron chi connectivity index (χ2n) is 0. The first-order valence-corrected chi connectivity index (χ1v) is 0. The molecule has 0 aromatic rings. The van der Waals surface area contributed by atoms with Gasteiger partial charge in [-0.1, -0.05) is 0 Å². The van der Waals surface area contributed by atoms with Crippen LogP contribution < -0.4 is 0 Å². The minimum atomic E-state index is 0. The van der Waals surface area contributed by atoms with E-state index in [1.54, 1.807) is 0 Å². The van der Waals surface area contributed by atoms with Gasteiger partial charge in [-0.05, 0) is 0 Å². The summed E-state index contributed by atoms with van der Waals surface area (Å²) in [7, 11) is 0. The van der Waals surface area contributed by atoms with Gasteiger partial charge < -0.3 is 0 Å². The summed E-state index contributed by atoms with van der Waals surface area (Å²) < 4.78 is 0. The van der Waals surface area contributed by atoms with Gasteiger partial charge in [0.2, 0.25) is 0 Å². The van der Waals surface area contributed by atoms with Crippen molar-refractivity contribution < 1.29 is 42.5 Å². The molecule has 0 aliphatic rings. The monoisotopic (exact) mass is 618 g/mol. The van der Waals surface area contributed by atoms with E-state index in [-0.39, 0.29) is 90.8 Å². The van der Waals surface area contributed by atoms with Crippen molar-refractivity contribution in [2.45, 2.75) is 0 Å². The zero-order chi connectivity index (χ0) is 0. The van der Waals surface area contributed by atoms with Gasteiger partial charge in [0.05, 0.1) is 0 Å². The molecule has 0 bridgehead atoms. The molecule has 0 unspecified atom stereocenters. The van der Waals surface area contributed by atoms with Crippen LogP contribution in [0.3, 0.4) is 0 Å². The third-order valence-corrected chi connectivity index (χ3v) is 0. The fourth-order valence-corrected chi connectivity index (χ4v) is 0. The van der Waals surface area contributed by atoms with Gasteiger partial charge in [-0.25, -0.2) is 0 Å². The quantitative estimate of drug-likeness (QED) is 0.289. The Labute approximate surface area is 89.1 Å². The van der Waals surface area contributed by atoms with E-state index in [0.717, 1.165) is 0 Å². The third-order valence-electron chi connectivity index (χ3n) is 0. The van der Waals surface area contributed by atoms with Gasteiger partial charge in [0.1, 0.15) is 0 Å². The molecule has 0 N–H and O–H groups in total. The maximum absolute atomic E-state index is 0. The van der Waals surface area contributed by atoms with Crippen molar-refractivity contribution in [2.75, 3.05) is 0 Å². The Morgan fingerprint density at radius 1 is 1.00 bits per heavy atom. The fraction of sp³-hybridized carbons (Fsp3) is 0. The van der Waals surface area contributed by atoms with Crippen molar-refractivity contribution in [3.63, 3.8) is 0 Å². The SMILES string of the molecule is [Ir].[SbH].[SnH2].[Ta]. The molecule has 0 aromatic heterocycles. The Balaban J connectivity index is 0. The van der Waals surface area contributed by atoms with E-state index in [4.69, 9.17) is 0 Å². The van der Waals surface area contributed by atoms with Gasteiger partial charge in [-0.2, -0.15) is 0 Å². The van der Waals surface area contributed by atoms with E-state index in [9.17, 15) is 0 Å². The molecule has 0 saturated heterocycles. The van der Waals surface area contributed by atoms with E-state index >= 15 is 0 Å². The van der Waals surface area contributed by atoms with Crippen LogP contribution in [-0.2, 0) is 42.5 Å². The molecule has 0 spiro atoms. The van der Waals surface area contributed by atoms with Crippen LogP contribution in [0, 0.1) is 0 Å². The molecule has 0 heterocycles. The van der Waals surface area contributed by atoms with Crippen LogP contribution in [0.15, 0.2) is 0 Å². The molecule has 4 heteroatoms. The Morgan fingerprint density at radius 3 is 1.00 bits per heavy atom. The zero-order valence-electron chi connectivity index (χ0n) is 1.99. The first-order valence-electron chi connectivity index (χ1n) is 0. The summed E-state index contributed by atoms with van der Waals surface area (Å²) in [6.07, 6.45) is 0. The Hall–Kier alpha value is 3.01. The molecule has 0 amide bonds. The Bertz CT molecular complexity index is 8.00. The van der Waals surface area contributed by atoms with E-state index < -0.39 is 0 Å². The molecule has 0 aromatic carbocycles. The second kappa shape index (κ2) is 16.7. The fourth-order valence-electron chi connectivity index (χ4n) is 0. The minimum Gasteiger partial charge on any atom is 0 e. The molecule has 0 atom stereocenters. The molecule has 0 nitrogen and oxygen atoms in total. The summed E-state index contributed by atoms with van der Waals surface area (Å²) in [5, 5.41) is 0. The second-order valence-corrected chi connectivity index (χ2v) is 0. The van der Waals surface area contributed by atoms with Gasteiger partial charge >= 0.3 is 48.3 Å². The molecular formula is H3IrSbSnTa. The summed E-state index contributed by atoms with van der Waals surface area (Å²) in [5.74, 6) is 0. The third kappa shape index (κ3) is 8.89. The van der Waals surface area contributed by atoms with Crippen molar-refractivity contribution in [2.24, 2.45) is 0 Å². The van der Waals surface area contributed by atoms with Crippen molar-refractivity contribution in [1.82, 2.24) is 0 Å². The van der Waals surface area contributed by atoms with Crippen LogP contribution in [-0.4, -0.2) is 48.3 Å². The standard InChI is InChI=1S/Ir.Sb.Sn.Ta.3H. The Kier molecular flexibility index (Phi) is 116. The average Bonchev–Trinajstić information content (AvgIpc) is 0. The summed E-state index contributed by atoms with van der Waals surface area (Å²) in [6.45, 7) is 0. The van der Waals surface area contributed by atoms with Crippen LogP contribution in [0.4, 0.5) is 0 Å². The zero-order valence-corrected chi connectivity index (χ0v) is 14.5. The van der Waals surface area contributed by atoms with E-state index in [1.165, 1.54) is 0 Å². The van der Waals surface area contributed by atoms with E-state index in [2.05, 4.69) is 0 Å². The smallest absolute Gasteiger partial charge is 0 e. The first kappa shape index (κ1) is 28.0. The van der Waals surface area contributed by atoms with Gasteiger partial charge in [-0.15, -0.1) is 0 Å². The molecule has 4 heavy (non-hydrogen) atoms. The largest absolute Gasteiger partial charge is 0 e. The number of hydrogen-bond acceptors (Lipinski definition) is 0. The van der Waals surface area contributed by atoms with Crippen LogP contribution in [0.2, 0.25) is 0 Å². The molecular weight excluding hydrogens is 614 g/mol. The number of rotatable bonds is 0. The van der Waals surface area contributed by atoms with E-state index in [0.29, 0.717) is 0 Å².